The minimum Gasteiger partial charge on any atom is -0.467 e. The van der Waals surface area contributed by atoms with Crippen molar-refractivity contribution in [3.05, 3.63) is 59.2 Å². The van der Waals surface area contributed by atoms with Crippen LogP contribution in [-0.4, -0.2) is 41.7 Å². The fourth-order valence-corrected chi connectivity index (χ4v) is 4.88. The number of nitrogens with zero attached hydrogens (tertiary/aromatic N) is 2. The quantitative estimate of drug-likeness (QED) is 0.561. The Morgan fingerprint density at radius 2 is 1.87 bits per heavy atom. The molecule has 1 fully saturated rings. The third-order valence-corrected chi connectivity index (χ3v) is 6.76. The van der Waals surface area contributed by atoms with Crippen LogP contribution in [0.2, 0.25) is 0 Å². The number of piperidine rings is 1. The van der Waals surface area contributed by atoms with Gasteiger partial charge in [-0.1, -0.05) is 53.8 Å². The lowest BCUT2D eigenvalue weighted by atomic mass is 10.1. The number of aryl methyl sites for hydroxylation is 3. The molecule has 4 rings (SSSR count). The summed E-state index contributed by atoms with van der Waals surface area (Å²) >= 11 is 1.62. The number of carbonyl (C=O) groups excluding carboxylic acids is 1. The summed E-state index contributed by atoms with van der Waals surface area (Å²) in [5.41, 5.74) is 4.77. The van der Waals surface area contributed by atoms with Crippen molar-refractivity contribution in [2.45, 2.75) is 45.6 Å². The van der Waals surface area contributed by atoms with Crippen molar-refractivity contribution in [1.29, 1.82) is 0 Å². The topological polar surface area (TPSA) is 54.5 Å². The summed E-state index contributed by atoms with van der Waals surface area (Å²) in [6, 6.07) is 14.7. The second kappa shape index (κ2) is 9.47. The molecule has 2 heterocycles. The molecule has 2 amide bonds. The molecule has 0 bridgehead atoms. The van der Waals surface area contributed by atoms with Gasteiger partial charge in [-0.3, -0.25) is 0 Å². The van der Waals surface area contributed by atoms with Gasteiger partial charge in [-0.25, -0.2) is 9.78 Å². The van der Waals surface area contributed by atoms with Gasteiger partial charge in [-0.05, 0) is 43.4 Å². The van der Waals surface area contributed by atoms with E-state index in [-0.39, 0.29) is 12.1 Å². The van der Waals surface area contributed by atoms with Crippen LogP contribution in [0.15, 0.2) is 42.5 Å². The van der Waals surface area contributed by atoms with Gasteiger partial charge in [0.1, 0.15) is 6.10 Å². The highest BCUT2D eigenvalue weighted by Gasteiger charge is 2.24. The molecule has 158 valence electrons. The molecular weight excluding hydrogens is 394 g/mol. The van der Waals surface area contributed by atoms with Crippen LogP contribution in [-0.2, 0) is 6.42 Å². The Bertz CT molecular complexity index is 955. The molecule has 3 aromatic rings. The summed E-state index contributed by atoms with van der Waals surface area (Å²) in [5, 5.41) is 3.80. The molecule has 5 nitrogen and oxygen atoms in total. The predicted octanol–water partition coefficient (Wildman–Crippen LogP) is 5.10. The number of amides is 2. The van der Waals surface area contributed by atoms with Crippen molar-refractivity contribution in [2.24, 2.45) is 0 Å². The second-order valence-corrected chi connectivity index (χ2v) is 8.94. The Kier molecular flexibility index (Phi) is 6.53. The van der Waals surface area contributed by atoms with Gasteiger partial charge in [0.05, 0.1) is 10.2 Å². The maximum absolute atomic E-state index is 12.4. The highest BCUT2D eigenvalue weighted by atomic mass is 32.1. The Hall–Kier alpha value is -2.60. The number of hydrogen-bond acceptors (Lipinski definition) is 4. The summed E-state index contributed by atoms with van der Waals surface area (Å²) in [6.07, 6.45) is 3.73. The summed E-state index contributed by atoms with van der Waals surface area (Å²) in [5.74, 6) is 0. The third kappa shape index (κ3) is 4.93. The zero-order valence-corrected chi connectivity index (χ0v) is 18.5. The third-order valence-electron chi connectivity index (χ3n) is 5.68. The molecule has 1 aliphatic heterocycles. The molecule has 0 saturated carbocycles. The minimum absolute atomic E-state index is 0.0350. The lowest BCUT2D eigenvalue weighted by Crippen LogP contribution is -2.46. The van der Waals surface area contributed by atoms with Crippen LogP contribution in [0, 0.1) is 13.8 Å². The molecule has 0 unspecified atom stereocenters. The molecule has 0 aliphatic carbocycles. The number of aromatic nitrogens is 1. The lowest BCUT2D eigenvalue weighted by molar-refractivity contribution is 0.111. The van der Waals surface area contributed by atoms with Crippen molar-refractivity contribution in [1.82, 2.24) is 15.2 Å². The van der Waals surface area contributed by atoms with Crippen molar-refractivity contribution >= 4 is 27.6 Å². The molecule has 1 aromatic heterocycles. The van der Waals surface area contributed by atoms with E-state index in [0.29, 0.717) is 6.54 Å². The molecule has 2 aromatic carbocycles. The number of fused-ring (bicyclic) bond motifs is 1. The average Bonchev–Trinajstić information content (AvgIpc) is 3.20. The number of urea groups is 1. The van der Waals surface area contributed by atoms with Gasteiger partial charge in [0.15, 0.2) is 0 Å². The molecular formula is C24H29N3O2S. The zero-order valence-electron chi connectivity index (χ0n) is 17.7. The second-order valence-electron chi connectivity index (χ2n) is 7.98. The van der Waals surface area contributed by atoms with Gasteiger partial charge in [0.2, 0.25) is 0 Å². The fourth-order valence-electron chi connectivity index (χ4n) is 3.85. The van der Waals surface area contributed by atoms with E-state index in [1.807, 2.05) is 11.0 Å². The molecule has 1 N–H and O–H groups in total. The minimum atomic E-state index is 0.0350. The Labute approximate surface area is 182 Å². The van der Waals surface area contributed by atoms with E-state index in [4.69, 9.17) is 9.72 Å². The van der Waals surface area contributed by atoms with Crippen molar-refractivity contribution in [2.75, 3.05) is 19.6 Å². The smallest absolute Gasteiger partial charge is 0.317 e. The summed E-state index contributed by atoms with van der Waals surface area (Å²) < 4.78 is 7.38. The maximum atomic E-state index is 12.4. The van der Waals surface area contributed by atoms with Crippen LogP contribution in [0.3, 0.4) is 0 Å². The van der Waals surface area contributed by atoms with E-state index in [0.717, 1.165) is 49.5 Å². The number of benzene rings is 2. The normalized spacial score (nSPS) is 14.8. The Morgan fingerprint density at radius 3 is 2.60 bits per heavy atom. The number of rotatable bonds is 6. The van der Waals surface area contributed by atoms with Crippen LogP contribution in [0.5, 0.6) is 5.19 Å². The molecule has 0 spiro atoms. The molecule has 1 aliphatic rings. The number of ether oxygens (including phenoxy) is 1. The van der Waals surface area contributed by atoms with Gasteiger partial charge >= 0.3 is 6.03 Å². The van der Waals surface area contributed by atoms with E-state index in [1.165, 1.54) is 21.4 Å². The molecule has 6 heteroatoms. The first-order valence-corrected chi connectivity index (χ1v) is 11.5. The van der Waals surface area contributed by atoms with Crippen LogP contribution in [0.4, 0.5) is 4.79 Å². The summed E-state index contributed by atoms with van der Waals surface area (Å²) in [7, 11) is 0. The number of thiazole rings is 1. The van der Waals surface area contributed by atoms with Crippen LogP contribution in [0.1, 0.15) is 36.0 Å². The number of likely N-dealkylation sites (tertiary alicyclic amines) is 1. The lowest BCUT2D eigenvalue weighted by Gasteiger charge is -2.31. The molecule has 0 radical (unpaired) electrons. The summed E-state index contributed by atoms with van der Waals surface area (Å²) in [6.45, 7) is 6.34. The van der Waals surface area contributed by atoms with Crippen LogP contribution < -0.4 is 10.1 Å². The Balaban J connectivity index is 1.21. The van der Waals surface area contributed by atoms with E-state index in [9.17, 15) is 4.79 Å². The molecule has 0 atom stereocenters. The first kappa shape index (κ1) is 20.7. The predicted molar refractivity (Wildman–Crippen MR) is 122 cm³/mol. The molecule has 30 heavy (non-hydrogen) atoms. The van der Waals surface area contributed by atoms with Gasteiger partial charge in [-0.2, -0.15) is 0 Å². The standard InChI is InChI=1S/C24H29N3O2S/c1-17-10-11-18(2)22-21(17)26-24(30-22)29-20-12-15-27(16-13-20)23(28)25-14-6-9-19-7-4-3-5-8-19/h3-5,7-8,10-11,20H,6,9,12-16H2,1-2H3,(H,25,28). The fraction of sp³-hybridized carbons (Fsp3) is 0.417. The number of nitrogens with one attached hydrogen (secondary N) is 1. The first-order chi connectivity index (χ1) is 14.6. The molecule has 1 saturated heterocycles. The zero-order chi connectivity index (χ0) is 20.9. The van der Waals surface area contributed by atoms with Gasteiger partial charge < -0.3 is 15.0 Å². The van der Waals surface area contributed by atoms with E-state index in [1.54, 1.807) is 11.3 Å². The monoisotopic (exact) mass is 423 g/mol. The van der Waals surface area contributed by atoms with Gasteiger partial charge in [0.25, 0.3) is 5.19 Å². The van der Waals surface area contributed by atoms with Crippen molar-refractivity contribution in [3.63, 3.8) is 0 Å². The maximum Gasteiger partial charge on any atom is 0.317 e. The average molecular weight is 424 g/mol. The van der Waals surface area contributed by atoms with Crippen molar-refractivity contribution < 1.29 is 9.53 Å². The van der Waals surface area contributed by atoms with Crippen LogP contribution in [0.25, 0.3) is 10.2 Å². The van der Waals surface area contributed by atoms with Gasteiger partial charge in [0, 0.05) is 32.5 Å². The van der Waals surface area contributed by atoms with E-state index in [2.05, 4.69) is 55.6 Å². The largest absolute Gasteiger partial charge is 0.467 e. The Morgan fingerprint density at radius 1 is 1.13 bits per heavy atom. The van der Waals surface area contributed by atoms with Crippen LogP contribution >= 0.6 is 11.3 Å². The van der Waals surface area contributed by atoms with E-state index >= 15 is 0 Å². The first-order valence-electron chi connectivity index (χ1n) is 10.7. The van der Waals surface area contributed by atoms with Gasteiger partial charge in [-0.15, -0.1) is 0 Å². The number of carbonyl (C=O) groups is 1. The summed E-state index contributed by atoms with van der Waals surface area (Å²) in [4.78, 5) is 19.0. The highest BCUT2D eigenvalue weighted by Crippen LogP contribution is 2.33. The van der Waals surface area contributed by atoms with E-state index < -0.39 is 0 Å². The highest BCUT2D eigenvalue weighted by molar-refractivity contribution is 7.20. The SMILES string of the molecule is Cc1ccc(C)c2sc(OC3CCN(C(=O)NCCCc4ccccc4)CC3)nc12. The van der Waals surface area contributed by atoms with Crippen molar-refractivity contribution in [3.8, 4) is 5.19 Å². The number of hydrogen-bond donors (Lipinski definition) is 1.